The Hall–Kier alpha value is -1.10. The normalized spacial score (nSPS) is 53.0. The molecule has 2 atom stereocenters. The van der Waals surface area contributed by atoms with Crippen LogP contribution in [0.2, 0.25) is 0 Å². The molecule has 9 aliphatic rings. The third-order valence-electron chi connectivity index (χ3n) is 11.2. The Balaban J connectivity index is 1.05. The van der Waals surface area contributed by atoms with Gasteiger partial charge in [-0.25, -0.2) is 0 Å². The molecular formula is C27H41N3O2. The number of likely N-dealkylation sites (tertiary alicyclic amines) is 1. The van der Waals surface area contributed by atoms with Crippen LogP contribution in [0.1, 0.15) is 77.0 Å². The smallest absolute Gasteiger partial charge is 0.226 e. The summed E-state index contributed by atoms with van der Waals surface area (Å²) in [5.74, 6) is 5.32. The number of nitrogens with one attached hydrogen (secondary N) is 2. The van der Waals surface area contributed by atoms with Crippen LogP contribution >= 0.6 is 0 Å². The molecule has 0 aromatic carbocycles. The van der Waals surface area contributed by atoms with Gasteiger partial charge in [0.05, 0.1) is 12.1 Å². The highest BCUT2D eigenvalue weighted by Crippen LogP contribution is 2.61. The van der Waals surface area contributed by atoms with Crippen molar-refractivity contribution in [1.82, 2.24) is 15.5 Å². The summed E-state index contributed by atoms with van der Waals surface area (Å²) in [6.45, 7) is 1.70. The Labute approximate surface area is 192 Å². The standard InChI is InChI=1S/C27H41N3O2/c1-30-14-22(28-24(31)26-8-16-2-17(9-26)4-18(3-16)10-26)23(15-30)29-25(32)27-11-19-5-20(12-27)7-21(6-19)13-27/h16-23H,2-15H2,1H3,(H,28,31)(H,29,32). The molecule has 0 spiro atoms. The fraction of sp³-hybridized carbons (Fsp3) is 0.926. The molecule has 5 nitrogen and oxygen atoms in total. The summed E-state index contributed by atoms with van der Waals surface area (Å²) in [4.78, 5) is 29.6. The number of likely N-dealkylation sites (N-methyl/N-ethyl adjacent to an activating group) is 1. The summed E-state index contributed by atoms with van der Waals surface area (Å²) in [5, 5.41) is 7.00. The van der Waals surface area contributed by atoms with Crippen LogP contribution in [0.5, 0.6) is 0 Å². The van der Waals surface area contributed by atoms with E-state index >= 15 is 0 Å². The first-order chi connectivity index (χ1) is 15.4. The predicted molar refractivity (Wildman–Crippen MR) is 123 cm³/mol. The number of amides is 2. The van der Waals surface area contributed by atoms with Crippen LogP contribution in [0.15, 0.2) is 0 Å². The molecule has 2 unspecified atom stereocenters. The minimum Gasteiger partial charge on any atom is -0.349 e. The lowest BCUT2D eigenvalue weighted by atomic mass is 9.49. The molecule has 8 aliphatic carbocycles. The van der Waals surface area contributed by atoms with Crippen LogP contribution in [0.25, 0.3) is 0 Å². The zero-order valence-electron chi connectivity index (χ0n) is 19.8. The van der Waals surface area contributed by atoms with Crippen LogP contribution in [0, 0.1) is 46.3 Å². The topological polar surface area (TPSA) is 61.4 Å². The molecule has 32 heavy (non-hydrogen) atoms. The molecule has 1 saturated heterocycles. The lowest BCUT2D eigenvalue weighted by Crippen LogP contribution is -2.60. The van der Waals surface area contributed by atoms with Gasteiger partial charge in [-0.1, -0.05) is 0 Å². The maximum Gasteiger partial charge on any atom is 0.226 e. The minimum absolute atomic E-state index is 0.0540. The van der Waals surface area contributed by atoms with Crippen molar-refractivity contribution in [3.63, 3.8) is 0 Å². The molecule has 0 radical (unpaired) electrons. The van der Waals surface area contributed by atoms with Crippen LogP contribution in [0.3, 0.4) is 0 Å². The van der Waals surface area contributed by atoms with Gasteiger partial charge in [0.15, 0.2) is 0 Å². The summed E-state index contributed by atoms with van der Waals surface area (Å²) in [6, 6.07) is 0.108. The molecule has 8 saturated carbocycles. The largest absolute Gasteiger partial charge is 0.349 e. The van der Waals surface area contributed by atoms with Gasteiger partial charge in [0.25, 0.3) is 0 Å². The van der Waals surface area contributed by atoms with Crippen molar-refractivity contribution in [2.24, 2.45) is 46.3 Å². The average Bonchev–Trinajstić information content (AvgIpc) is 3.04. The molecule has 2 N–H and O–H groups in total. The third-order valence-corrected chi connectivity index (χ3v) is 11.2. The lowest BCUT2D eigenvalue weighted by Gasteiger charge is -2.56. The van der Waals surface area contributed by atoms with Gasteiger partial charge in [-0.05, 0) is 120 Å². The highest BCUT2D eigenvalue weighted by molar-refractivity contribution is 5.85. The molecule has 0 aromatic heterocycles. The van der Waals surface area contributed by atoms with Crippen molar-refractivity contribution in [3.05, 3.63) is 0 Å². The van der Waals surface area contributed by atoms with E-state index in [0.717, 1.165) is 87.1 Å². The molecule has 176 valence electrons. The first kappa shape index (κ1) is 20.3. The first-order valence-electron chi connectivity index (χ1n) is 13.7. The fourth-order valence-corrected chi connectivity index (χ4v) is 10.7. The summed E-state index contributed by atoms with van der Waals surface area (Å²) in [7, 11) is 2.13. The molecule has 8 bridgehead atoms. The molecule has 9 rings (SSSR count). The number of rotatable bonds is 4. The van der Waals surface area contributed by atoms with Crippen molar-refractivity contribution in [3.8, 4) is 0 Å². The number of nitrogens with zero attached hydrogens (tertiary/aromatic N) is 1. The van der Waals surface area contributed by atoms with Crippen molar-refractivity contribution in [1.29, 1.82) is 0 Å². The second kappa shape index (κ2) is 6.96. The Kier molecular flexibility index (Phi) is 4.41. The molecular weight excluding hydrogens is 398 g/mol. The van der Waals surface area contributed by atoms with Crippen LogP contribution < -0.4 is 10.6 Å². The SMILES string of the molecule is CN1CC(NC(=O)C23CC4CC(CC(C4)C2)C3)C(NC(=O)C23CC4CC(CC(C4)C2)C3)C1. The predicted octanol–water partition coefficient (Wildman–Crippen LogP) is 3.33. The molecule has 5 heteroatoms. The lowest BCUT2D eigenvalue weighted by molar-refractivity contribution is -0.149. The van der Waals surface area contributed by atoms with Crippen LogP contribution in [-0.2, 0) is 9.59 Å². The summed E-state index contributed by atoms with van der Waals surface area (Å²) < 4.78 is 0. The second-order valence-electron chi connectivity index (χ2n) is 13.8. The van der Waals surface area contributed by atoms with Gasteiger partial charge in [0, 0.05) is 23.9 Å². The number of hydrogen-bond donors (Lipinski definition) is 2. The Bertz CT molecular complexity index is 685. The number of carbonyl (C=O) groups excluding carboxylic acids is 2. The van der Waals surface area contributed by atoms with Gasteiger partial charge in [-0.2, -0.15) is 0 Å². The molecule has 1 heterocycles. The summed E-state index contributed by atoms with van der Waals surface area (Å²) >= 11 is 0. The molecule has 0 aromatic rings. The van der Waals surface area contributed by atoms with Crippen molar-refractivity contribution < 1.29 is 9.59 Å². The van der Waals surface area contributed by atoms with E-state index in [1.165, 1.54) is 38.5 Å². The summed E-state index contributed by atoms with van der Waals surface area (Å²) in [6.07, 6.45) is 14.8. The zero-order valence-corrected chi connectivity index (χ0v) is 19.8. The first-order valence-corrected chi connectivity index (χ1v) is 13.7. The Morgan fingerprint density at radius 1 is 0.594 bits per heavy atom. The van der Waals surface area contributed by atoms with Gasteiger partial charge in [-0.15, -0.1) is 0 Å². The summed E-state index contributed by atoms with van der Waals surface area (Å²) in [5.41, 5.74) is -0.213. The van der Waals surface area contributed by atoms with E-state index in [1.807, 2.05) is 0 Å². The monoisotopic (exact) mass is 439 g/mol. The van der Waals surface area contributed by atoms with E-state index in [-0.39, 0.29) is 22.9 Å². The maximum atomic E-state index is 13.7. The van der Waals surface area contributed by atoms with Gasteiger partial charge < -0.3 is 15.5 Å². The van der Waals surface area contributed by atoms with Crippen molar-refractivity contribution in [2.75, 3.05) is 20.1 Å². The van der Waals surface area contributed by atoms with E-state index in [4.69, 9.17) is 0 Å². The zero-order chi connectivity index (χ0) is 21.7. The van der Waals surface area contributed by atoms with Crippen molar-refractivity contribution in [2.45, 2.75) is 89.1 Å². The van der Waals surface area contributed by atoms with E-state index in [0.29, 0.717) is 11.8 Å². The van der Waals surface area contributed by atoms with Crippen LogP contribution in [-0.4, -0.2) is 48.9 Å². The quantitative estimate of drug-likeness (QED) is 0.706. The average molecular weight is 440 g/mol. The Morgan fingerprint density at radius 2 is 0.875 bits per heavy atom. The number of carbonyl (C=O) groups is 2. The van der Waals surface area contributed by atoms with Gasteiger partial charge in [0.2, 0.25) is 11.8 Å². The number of hydrogen-bond acceptors (Lipinski definition) is 3. The minimum atomic E-state index is -0.107. The highest BCUT2D eigenvalue weighted by atomic mass is 16.2. The second-order valence-corrected chi connectivity index (χ2v) is 13.8. The van der Waals surface area contributed by atoms with Gasteiger partial charge in [-0.3, -0.25) is 9.59 Å². The third kappa shape index (κ3) is 3.12. The molecule has 9 fully saturated rings. The van der Waals surface area contributed by atoms with E-state index in [9.17, 15) is 9.59 Å². The van der Waals surface area contributed by atoms with Crippen molar-refractivity contribution >= 4 is 11.8 Å². The van der Waals surface area contributed by atoms with Crippen LogP contribution in [0.4, 0.5) is 0 Å². The molecule has 1 aliphatic heterocycles. The molecule has 2 amide bonds. The Morgan fingerprint density at radius 3 is 1.16 bits per heavy atom. The van der Waals surface area contributed by atoms with Gasteiger partial charge in [0.1, 0.15) is 0 Å². The van der Waals surface area contributed by atoms with E-state index in [2.05, 4.69) is 22.6 Å². The fourth-order valence-electron chi connectivity index (χ4n) is 10.7. The van der Waals surface area contributed by atoms with E-state index < -0.39 is 0 Å². The van der Waals surface area contributed by atoms with Gasteiger partial charge >= 0.3 is 0 Å². The highest BCUT2D eigenvalue weighted by Gasteiger charge is 2.57. The van der Waals surface area contributed by atoms with E-state index in [1.54, 1.807) is 0 Å². The maximum absolute atomic E-state index is 13.7.